The normalized spacial score (nSPS) is 15.2. The van der Waals surface area contributed by atoms with Gasteiger partial charge in [0.25, 0.3) is 0 Å². The van der Waals surface area contributed by atoms with Gasteiger partial charge in [0, 0.05) is 22.8 Å². The molecule has 1 fully saturated rings. The Hall–Kier alpha value is -1.79. The highest BCUT2D eigenvalue weighted by Gasteiger charge is 2.28. The molecule has 0 unspecified atom stereocenters. The summed E-state index contributed by atoms with van der Waals surface area (Å²) in [5.74, 6) is 1.07. The van der Waals surface area contributed by atoms with Crippen molar-refractivity contribution in [1.29, 1.82) is 0 Å². The van der Waals surface area contributed by atoms with E-state index in [0.717, 1.165) is 47.0 Å². The lowest BCUT2D eigenvalue weighted by atomic mass is 9.95. The van der Waals surface area contributed by atoms with Gasteiger partial charge in [-0.25, -0.2) is 0 Å². The summed E-state index contributed by atoms with van der Waals surface area (Å²) in [6, 6.07) is 16.0. The van der Waals surface area contributed by atoms with Crippen LogP contribution >= 0.6 is 27.7 Å². The largest absolute Gasteiger partial charge is 0.352 e. The third-order valence-corrected chi connectivity index (χ3v) is 7.65. The average molecular weight is 518 g/mol. The van der Waals surface area contributed by atoms with Crippen molar-refractivity contribution in [3.63, 3.8) is 0 Å². The first kappa shape index (κ1) is 24.8. The number of benzene rings is 2. The smallest absolute Gasteiger partial charge is 0.242 e. The van der Waals surface area contributed by atoms with Gasteiger partial charge in [0.15, 0.2) is 0 Å². The molecule has 1 N–H and O–H groups in total. The molecule has 2 aromatic rings. The number of carbonyl (C=O) groups excluding carboxylic acids is 2. The van der Waals surface area contributed by atoms with E-state index in [2.05, 4.69) is 33.4 Å². The van der Waals surface area contributed by atoms with Gasteiger partial charge in [0.1, 0.15) is 6.04 Å². The van der Waals surface area contributed by atoms with Gasteiger partial charge < -0.3 is 10.2 Å². The Balaban J connectivity index is 1.65. The van der Waals surface area contributed by atoms with Crippen molar-refractivity contribution in [3.8, 4) is 0 Å². The summed E-state index contributed by atoms with van der Waals surface area (Å²) in [7, 11) is 0. The van der Waals surface area contributed by atoms with Gasteiger partial charge >= 0.3 is 0 Å². The number of rotatable bonds is 9. The number of halogens is 1. The van der Waals surface area contributed by atoms with Crippen LogP contribution in [-0.2, 0) is 21.9 Å². The second-order valence-corrected chi connectivity index (χ2v) is 10.5. The van der Waals surface area contributed by atoms with E-state index >= 15 is 0 Å². The van der Waals surface area contributed by atoms with E-state index in [4.69, 9.17) is 0 Å². The fraction of sp³-hybridized carbons (Fsp3) is 0.462. The van der Waals surface area contributed by atoms with Crippen LogP contribution < -0.4 is 5.32 Å². The second kappa shape index (κ2) is 12.4. The summed E-state index contributed by atoms with van der Waals surface area (Å²) in [5, 5.41) is 3.20. The van der Waals surface area contributed by atoms with Crippen LogP contribution in [0.4, 0.5) is 0 Å². The maximum Gasteiger partial charge on any atom is 0.242 e. The highest BCUT2D eigenvalue weighted by atomic mass is 79.9. The van der Waals surface area contributed by atoms with Crippen LogP contribution in [0, 0.1) is 6.92 Å². The first-order valence-corrected chi connectivity index (χ1v) is 13.4. The summed E-state index contributed by atoms with van der Waals surface area (Å²) in [6.45, 7) is 4.35. The van der Waals surface area contributed by atoms with Crippen LogP contribution in [-0.4, -0.2) is 34.6 Å². The van der Waals surface area contributed by atoms with Crippen LogP contribution in [0.3, 0.4) is 0 Å². The van der Waals surface area contributed by atoms with E-state index in [0.29, 0.717) is 12.3 Å². The molecule has 6 heteroatoms. The summed E-state index contributed by atoms with van der Waals surface area (Å²) in [5.41, 5.74) is 3.39. The molecule has 0 radical (unpaired) electrons. The summed E-state index contributed by atoms with van der Waals surface area (Å²) < 4.78 is 1.05. The monoisotopic (exact) mass is 516 g/mol. The molecule has 2 aromatic carbocycles. The molecule has 172 valence electrons. The van der Waals surface area contributed by atoms with Crippen LogP contribution in [0.1, 0.15) is 55.7 Å². The lowest BCUT2D eigenvalue weighted by molar-refractivity contribution is -0.139. The lowest BCUT2D eigenvalue weighted by Crippen LogP contribution is -2.50. The maximum absolute atomic E-state index is 13.3. The van der Waals surface area contributed by atoms with Gasteiger partial charge in [-0.15, -0.1) is 11.8 Å². The number of thioether (sulfide) groups is 1. The van der Waals surface area contributed by atoms with Crippen molar-refractivity contribution in [2.75, 3.05) is 5.75 Å². The molecule has 0 aliphatic heterocycles. The van der Waals surface area contributed by atoms with Crippen molar-refractivity contribution in [2.24, 2.45) is 0 Å². The third-order valence-electron chi connectivity index (χ3n) is 6.13. The fourth-order valence-corrected chi connectivity index (χ4v) is 5.18. The standard InChI is InChI=1S/C26H33BrN2O2S/c1-19-8-6-7-9-22(19)16-29(20(2)26(31)28-24-10-4-3-5-11-24)25(30)18-32-17-21-12-14-23(27)15-13-21/h6-9,12-15,20,24H,3-5,10-11,16-18H2,1-2H3,(H,28,31)/t20-/m1/s1. The Morgan fingerprint density at radius 3 is 2.47 bits per heavy atom. The van der Waals surface area contributed by atoms with Gasteiger partial charge in [-0.3, -0.25) is 9.59 Å². The van der Waals surface area contributed by atoms with E-state index < -0.39 is 6.04 Å². The number of hydrogen-bond donors (Lipinski definition) is 1. The minimum atomic E-state index is -0.502. The Kier molecular flexibility index (Phi) is 9.67. The van der Waals surface area contributed by atoms with Crippen molar-refractivity contribution in [2.45, 2.75) is 70.3 Å². The van der Waals surface area contributed by atoms with E-state index in [1.54, 1.807) is 16.7 Å². The molecule has 0 heterocycles. The number of carbonyl (C=O) groups is 2. The van der Waals surface area contributed by atoms with E-state index in [1.165, 1.54) is 12.0 Å². The highest BCUT2D eigenvalue weighted by Crippen LogP contribution is 2.20. The molecule has 1 saturated carbocycles. The van der Waals surface area contributed by atoms with Crippen molar-refractivity contribution in [1.82, 2.24) is 10.2 Å². The maximum atomic E-state index is 13.3. The summed E-state index contributed by atoms with van der Waals surface area (Å²) in [4.78, 5) is 28.0. The molecule has 2 amide bonds. The molecule has 1 aliphatic carbocycles. The molecule has 0 bridgehead atoms. The zero-order chi connectivity index (χ0) is 22.9. The quantitative estimate of drug-likeness (QED) is 0.454. The predicted molar refractivity (Wildman–Crippen MR) is 137 cm³/mol. The third kappa shape index (κ3) is 7.38. The zero-order valence-electron chi connectivity index (χ0n) is 19.0. The van der Waals surface area contributed by atoms with Crippen molar-refractivity contribution >= 4 is 39.5 Å². The van der Waals surface area contributed by atoms with Crippen molar-refractivity contribution in [3.05, 3.63) is 69.7 Å². The Morgan fingerprint density at radius 1 is 1.09 bits per heavy atom. The summed E-state index contributed by atoms with van der Waals surface area (Å²) in [6.07, 6.45) is 5.64. The molecule has 1 aliphatic rings. The average Bonchev–Trinajstić information content (AvgIpc) is 2.80. The highest BCUT2D eigenvalue weighted by molar-refractivity contribution is 9.10. The SMILES string of the molecule is Cc1ccccc1CN(C(=O)CSCc1ccc(Br)cc1)[C@H](C)C(=O)NC1CCCCC1. The molecular formula is C26H33BrN2O2S. The van der Waals surface area contributed by atoms with Gasteiger partial charge in [-0.2, -0.15) is 0 Å². The van der Waals surface area contributed by atoms with Gasteiger partial charge in [-0.1, -0.05) is 71.6 Å². The van der Waals surface area contributed by atoms with Gasteiger partial charge in [0.2, 0.25) is 11.8 Å². The second-order valence-electron chi connectivity index (χ2n) is 8.59. The number of aryl methyl sites for hydroxylation is 1. The fourth-order valence-electron chi connectivity index (χ4n) is 4.04. The molecule has 32 heavy (non-hydrogen) atoms. The topological polar surface area (TPSA) is 49.4 Å². The number of nitrogens with one attached hydrogen (secondary N) is 1. The minimum absolute atomic E-state index is 0.00154. The lowest BCUT2D eigenvalue weighted by Gasteiger charge is -2.31. The molecule has 0 aromatic heterocycles. The molecule has 4 nitrogen and oxygen atoms in total. The summed E-state index contributed by atoms with van der Waals surface area (Å²) >= 11 is 5.04. The van der Waals surface area contributed by atoms with Crippen LogP contribution in [0.5, 0.6) is 0 Å². The Labute approximate surface area is 204 Å². The van der Waals surface area contributed by atoms with E-state index in [9.17, 15) is 9.59 Å². The minimum Gasteiger partial charge on any atom is -0.352 e. The molecule has 0 spiro atoms. The predicted octanol–water partition coefficient (Wildman–Crippen LogP) is 5.86. The Bertz CT molecular complexity index is 897. The first-order valence-electron chi connectivity index (χ1n) is 11.4. The van der Waals surface area contributed by atoms with E-state index in [1.807, 2.05) is 50.2 Å². The first-order chi connectivity index (χ1) is 15.4. The molecule has 0 saturated heterocycles. The van der Waals surface area contributed by atoms with Crippen LogP contribution in [0.2, 0.25) is 0 Å². The van der Waals surface area contributed by atoms with Crippen molar-refractivity contribution < 1.29 is 9.59 Å². The number of hydrogen-bond acceptors (Lipinski definition) is 3. The number of amides is 2. The van der Waals surface area contributed by atoms with Gasteiger partial charge in [0.05, 0.1) is 5.75 Å². The van der Waals surface area contributed by atoms with Crippen LogP contribution in [0.25, 0.3) is 0 Å². The van der Waals surface area contributed by atoms with Gasteiger partial charge in [-0.05, 0) is 55.5 Å². The van der Waals surface area contributed by atoms with E-state index in [-0.39, 0.29) is 17.9 Å². The molecule has 3 rings (SSSR count). The zero-order valence-corrected chi connectivity index (χ0v) is 21.4. The molecule has 1 atom stereocenters. The molecular weight excluding hydrogens is 484 g/mol. The Morgan fingerprint density at radius 2 is 1.78 bits per heavy atom. The number of nitrogens with zero attached hydrogens (tertiary/aromatic N) is 1. The van der Waals surface area contributed by atoms with Crippen LogP contribution in [0.15, 0.2) is 53.0 Å².